The maximum atomic E-state index is 13.3. The van der Waals surface area contributed by atoms with Crippen molar-refractivity contribution in [1.82, 2.24) is 4.57 Å². The molecule has 2 aromatic carbocycles. The Hall–Kier alpha value is -3.09. The summed E-state index contributed by atoms with van der Waals surface area (Å²) < 4.78 is 41.4. The van der Waals surface area contributed by atoms with Crippen LogP contribution in [0.2, 0.25) is 0 Å². The number of rotatable bonds is 5. The summed E-state index contributed by atoms with van der Waals surface area (Å²) in [6.45, 7) is 3.53. The molecular formula is C23H21F3N2O2. The predicted molar refractivity (Wildman–Crippen MR) is 109 cm³/mol. The molecule has 30 heavy (non-hydrogen) atoms. The van der Waals surface area contributed by atoms with E-state index in [4.69, 9.17) is 0 Å². The lowest BCUT2D eigenvalue weighted by Crippen LogP contribution is -2.07. The minimum atomic E-state index is -4.51. The van der Waals surface area contributed by atoms with Crippen molar-refractivity contribution in [3.05, 3.63) is 59.2 Å². The van der Waals surface area contributed by atoms with Crippen LogP contribution in [0, 0.1) is 12.8 Å². The van der Waals surface area contributed by atoms with Gasteiger partial charge in [-0.25, -0.2) is 0 Å². The van der Waals surface area contributed by atoms with E-state index in [1.807, 2.05) is 13.0 Å². The van der Waals surface area contributed by atoms with Gasteiger partial charge in [-0.2, -0.15) is 13.2 Å². The van der Waals surface area contributed by atoms with Crippen LogP contribution in [0.4, 0.5) is 13.2 Å². The van der Waals surface area contributed by atoms with Crippen molar-refractivity contribution in [3.8, 4) is 11.6 Å². The summed E-state index contributed by atoms with van der Waals surface area (Å²) in [6.07, 6.45) is -2.75. The Balaban J connectivity index is 1.91. The molecule has 0 bridgehead atoms. The lowest BCUT2D eigenvalue weighted by molar-refractivity contribution is -0.137. The smallest absolute Gasteiger partial charge is 0.416 e. The zero-order chi connectivity index (χ0) is 21.6. The Bertz CT molecular complexity index is 1170. The minimum absolute atomic E-state index is 0.00763. The van der Waals surface area contributed by atoms with Crippen molar-refractivity contribution in [1.29, 1.82) is 0 Å². The topological polar surface area (TPSA) is 54.6 Å². The first-order valence-corrected chi connectivity index (χ1v) is 9.72. The van der Waals surface area contributed by atoms with Crippen LogP contribution >= 0.6 is 0 Å². The number of aromatic nitrogens is 1. The highest BCUT2D eigenvalue weighted by Crippen LogP contribution is 2.39. The van der Waals surface area contributed by atoms with Crippen LogP contribution in [0.3, 0.4) is 0 Å². The second-order valence-corrected chi connectivity index (χ2v) is 7.74. The number of nitrogens with zero attached hydrogens (tertiary/aromatic N) is 2. The molecule has 3 aromatic rings. The number of fused-ring (bicyclic) bond motifs is 1. The molecule has 1 aliphatic carbocycles. The van der Waals surface area contributed by atoms with Crippen LogP contribution in [0.15, 0.2) is 47.5 Å². The fourth-order valence-electron chi connectivity index (χ4n) is 3.65. The number of halogens is 3. The first-order valence-electron chi connectivity index (χ1n) is 9.72. The van der Waals surface area contributed by atoms with Gasteiger partial charge in [-0.05, 0) is 56.5 Å². The summed E-state index contributed by atoms with van der Waals surface area (Å²) in [5, 5.41) is 11.5. The number of Topliss-reactive ketones (excluding diaryl/α,β-unsaturated/α-hetero) is 1. The zero-order valence-electron chi connectivity index (χ0n) is 16.6. The quantitative estimate of drug-likeness (QED) is 0.565. The normalized spacial score (nSPS) is 15.0. The van der Waals surface area contributed by atoms with Gasteiger partial charge in [-0.1, -0.05) is 18.2 Å². The molecule has 0 spiro atoms. The van der Waals surface area contributed by atoms with Crippen LogP contribution in [-0.4, -0.2) is 27.7 Å². The molecule has 1 saturated carbocycles. The van der Waals surface area contributed by atoms with E-state index in [1.165, 1.54) is 10.6 Å². The molecule has 1 fully saturated rings. The minimum Gasteiger partial charge on any atom is -0.494 e. The summed E-state index contributed by atoms with van der Waals surface area (Å²) in [7, 11) is 0. The molecule has 4 rings (SSSR count). The Kier molecular flexibility index (Phi) is 4.92. The van der Waals surface area contributed by atoms with Crippen LogP contribution in [0.1, 0.15) is 36.5 Å². The van der Waals surface area contributed by atoms with Gasteiger partial charge in [-0.3, -0.25) is 14.4 Å². The Morgan fingerprint density at radius 2 is 1.93 bits per heavy atom. The molecule has 7 heteroatoms. The third-order valence-electron chi connectivity index (χ3n) is 5.40. The van der Waals surface area contributed by atoms with E-state index in [1.54, 1.807) is 25.1 Å². The second kappa shape index (κ2) is 7.31. The van der Waals surface area contributed by atoms with E-state index < -0.39 is 11.7 Å². The number of hydrogen-bond acceptors (Lipinski definition) is 3. The van der Waals surface area contributed by atoms with E-state index in [0.717, 1.165) is 30.5 Å². The van der Waals surface area contributed by atoms with Gasteiger partial charge in [0.15, 0.2) is 5.78 Å². The number of alkyl halides is 3. The van der Waals surface area contributed by atoms with Gasteiger partial charge >= 0.3 is 6.18 Å². The SMILES string of the molecule is CC(=NCC(=O)C1CC1)c1c(O)n(-c2cccc(C)c2)c2cc(C(F)(F)F)ccc12. The maximum Gasteiger partial charge on any atom is 0.416 e. The monoisotopic (exact) mass is 414 g/mol. The van der Waals surface area contributed by atoms with Gasteiger partial charge in [-0.15, -0.1) is 0 Å². The molecule has 0 unspecified atom stereocenters. The van der Waals surface area contributed by atoms with E-state index in [0.29, 0.717) is 22.3 Å². The number of benzene rings is 2. The molecule has 1 N–H and O–H groups in total. The largest absolute Gasteiger partial charge is 0.494 e. The van der Waals surface area contributed by atoms with Gasteiger partial charge in [0, 0.05) is 22.7 Å². The van der Waals surface area contributed by atoms with Crippen LogP contribution in [-0.2, 0) is 11.0 Å². The summed E-state index contributed by atoms with van der Waals surface area (Å²) in [6, 6.07) is 10.5. The van der Waals surface area contributed by atoms with Gasteiger partial charge in [0.05, 0.1) is 23.2 Å². The predicted octanol–water partition coefficient (Wildman–Crippen LogP) is 5.45. The van der Waals surface area contributed by atoms with E-state index in [-0.39, 0.29) is 29.6 Å². The average Bonchev–Trinajstić information content (AvgIpc) is 3.48. The first kappa shape index (κ1) is 20.2. The maximum absolute atomic E-state index is 13.3. The van der Waals surface area contributed by atoms with Gasteiger partial charge in [0.25, 0.3) is 0 Å². The number of carbonyl (C=O) groups excluding carboxylic acids is 1. The number of ketones is 1. The van der Waals surface area contributed by atoms with Gasteiger partial charge in [0.1, 0.15) is 0 Å². The molecule has 0 saturated heterocycles. The molecular weight excluding hydrogens is 393 g/mol. The highest BCUT2D eigenvalue weighted by Gasteiger charge is 2.32. The van der Waals surface area contributed by atoms with Crippen molar-refractivity contribution in [2.45, 2.75) is 32.9 Å². The molecule has 4 nitrogen and oxygen atoms in total. The van der Waals surface area contributed by atoms with Crippen molar-refractivity contribution < 1.29 is 23.1 Å². The first-order chi connectivity index (χ1) is 14.2. The summed E-state index contributed by atoms with van der Waals surface area (Å²) >= 11 is 0. The van der Waals surface area contributed by atoms with Crippen LogP contribution < -0.4 is 0 Å². The fourth-order valence-corrected chi connectivity index (χ4v) is 3.65. The van der Waals surface area contributed by atoms with E-state index >= 15 is 0 Å². The summed E-state index contributed by atoms with van der Waals surface area (Å²) in [5.74, 6) is -0.0798. The van der Waals surface area contributed by atoms with Crippen molar-refractivity contribution in [2.24, 2.45) is 10.9 Å². The second-order valence-electron chi connectivity index (χ2n) is 7.74. The van der Waals surface area contributed by atoms with Crippen molar-refractivity contribution >= 4 is 22.4 Å². The Morgan fingerprint density at radius 3 is 2.57 bits per heavy atom. The lowest BCUT2D eigenvalue weighted by atomic mass is 10.1. The summed E-state index contributed by atoms with van der Waals surface area (Å²) in [5.41, 5.74) is 1.63. The molecule has 0 aliphatic heterocycles. The third kappa shape index (κ3) is 3.72. The molecule has 1 aromatic heterocycles. The molecule has 0 atom stereocenters. The van der Waals surface area contributed by atoms with Crippen LogP contribution in [0.5, 0.6) is 5.88 Å². The molecule has 156 valence electrons. The number of aryl methyl sites for hydroxylation is 1. The Morgan fingerprint density at radius 1 is 1.20 bits per heavy atom. The number of aliphatic imine (C=N–C) groups is 1. The van der Waals surface area contributed by atoms with Gasteiger partial charge in [0.2, 0.25) is 5.88 Å². The lowest BCUT2D eigenvalue weighted by Gasteiger charge is -2.10. The number of carbonyl (C=O) groups is 1. The van der Waals surface area contributed by atoms with Gasteiger partial charge < -0.3 is 5.11 Å². The standard InChI is InChI=1S/C23H21F3N2O2/c1-13-4-3-5-17(10-13)28-19-11-16(23(24,25)26)8-9-18(19)21(22(28)30)14(2)27-12-20(29)15-6-7-15/h3-5,8-11,15,30H,6-7,12H2,1-2H3. The molecule has 0 amide bonds. The fraction of sp³-hybridized carbons (Fsp3) is 0.304. The number of aromatic hydroxyl groups is 1. The van der Waals surface area contributed by atoms with E-state index in [9.17, 15) is 23.1 Å². The van der Waals surface area contributed by atoms with Crippen molar-refractivity contribution in [2.75, 3.05) is 6.54 Å². The van der Waals surface area contributed by atoms with Crippen molar-refractivity contribution in [3.63, 3.8) is 0 Å². The average molecular weight is 414 g/mol. The zero-order valence-corrected chi connectivity index (χ0v) is 16.6. The Labute approximate surface area is 171 Å². The third-order valence-corrected chi connectivity index (χ3v) is 5.40. The van der Waals surface area contributed by atoms with Crippen LogP contribution in [0.25, 0.3) is 16.6 Å². The number of hydrogen-bond donors (Lipinski definition) is 1. The highest BCUT2D eigenvalue weighted by molar-refractivity contribution is 6.13. The molecule has 1 aliphatic rings. The van der Waals surface area contributed by atoms with E-state index in [2.05, 4.69) is 4.99 Å². The molecule has 0 radical (unpaired) electrons. The molecule has 1 heterocycles. The highest BCUT2D eigenvalue weighted by atomic mass is 19.4. The summed E-state index contributed by atoms with van der Waals surface area (Å²) in [4.78, 5) is 16.3.